The maximum absolute atomic E-state index is 6.14. The number of nitrogens with two attached hydrogens (primary N) is 1. The highest BCUT2D eigenvalue weighted by Crippen LogP contribution is 2.26. The fraction of sp³-hybridized carbons (Fsp3) is 0.438. The number of aromatic nitrogens is 1. The third kappa shape index (κ3) is 2.43. The molecule has 2 heterocycles. The second kappa shape index (κ2) is 5.17. The topological polar surface area (TPSA) is 42.1 Å². The Morgan fingerprint density at radius 2 is 2.05 bits per heavy atom. The van der Waals surface area contributed by atoms with Gasteiger partial charge >= 0.3 is 0 Å². The molecule has 0 radical (unpaired) electrons. The zero-order chi connectivity index (χ0) is 13.2. The lowest BCUT2D eigenvalue weighted by atomic mass is 9.97. The number of anilines is 1. The summed E-state index contributed by atoms with van der Waals surface area (Å²) in [6, 6.07) is 13.2. The maximum Gasteiger partial charge on any atom is 0.129 e. The minimum Gasteiger partial charge on any atom is -0.352 e. The van der Waals surface area contributed by atoms with Crippen LogP contribution in [0.15, 0.2) is 36.4 Å². The van der Waals surface area contributed by atoms with Crippen LogP contribution in [0.5, 0.6) is 0 Å². The van der Waals surface area contributed by atoms with Gasteiger partial charge in [-0.1, -0.05) is 18.2 Å². The van der Waals surface area contributed by atoms with Crippen LogP contribution in [0, 0.1) is 0 Å². The molecule has 3 rings (SSSR count). The number of hydrogen-bond donors (Lipinski definition) is 1. The Morgan fingerprint density at radius 3 is 2.89 bits per heavy atom. The monoisotopic (exact) mass is 255 g/mol. The van der Waals surface area contributed by atoms with Crippen molar-refractivity contribution in [3.05, 3.63) is 36.4 Å². The Kier molecular flexibility index (Phi) is 3.38. The first kappa shape index (κ1) is 12.4. The van der Waals surface area contributed by atoms with Gasteiger partial charge in [0.15, 0.2) is 0 Å². The van der Waals surface area contributed by atoms with E-state index in [-0.39, 0.29) is 6.04 Å². The average Bonchev–Trinajstić information content (AvgIpc) is 2.46. The average molecular weight is 255 g/mol. The van der Waals surface area contributed by atoms with Crippen LogP contribution >= 0.6 is 0 Å². The summed E-state index contributed by atoms with van der Waals surface area (Å²) in [7, 11) is 0. The summed E-state index contributed by atoms with van der Waals surface area (Å²) in [6.45, 7) is 3.17. The van der Waals surface area contributed by atoms with Gasteiger partial charge in [-0.25, -0.2) is 4.98 Å². The number of benzene rings is 1. The number of nitrogens with zero attached hydrogens (tertiary/aromatic N) is 2. The van der Waals surface area contributed by atoms with Gasteiger partial charge in [-0.15, -0.1) is 0 Å². The summed E-state index contributed by atoms with van der Waals surface area (Å²) in [5.41, 5.74) is 7.20. The van der Waals surface area contributed by atoms with Crippen LogP contribution in [-0.4, -0.2) is 23.6 Å². The second-order valence-corrected chi connectivity index (χ2v) is 5.48. The second-order valence-electron chi connectivity index (χ2n) is 5.48. The third-order valence-corrected chi connectivity index (χ3v) is 4.03. The lowest BCUT2D eigenvalue weighted by molar-refractivity contribution is 0.411. The summed E-state index contributed by atoms with van der Waals surface area (Å²) in [6.07, 6.45) is 3.68. The molecule has 19 heavy (non-hydrogen) atoms. The highest BCUT2D eigenvalue weighted by molar-refractivity contribution is 5.80. The maximum atomic E-state index is 6.14. The molecule has 1 aliphatic heterocycles. The molecule has 1 aliphatic rings. The van der Waals surface area contributed by atoms with Crippen molar-refractivity contribution < 1.29 is 0 Å². The lowest BCUT2D eigenvalue weighted by Gasteiger charge is -2.39. The Balaban J connectivity index is 1.97. The van der Waals surface area contributed by atoms with Gasteiger partial charge in [0.25, 0.3) is 0 Å². The number of pyridine rings is 1. The van der Waals surface area contributed by atoms with Crippen molar-refractivity contribution in [3.8, 4) is 0 Å². The molecule has 0 bridgehead atoms. The summed E-state index contributed by atoms with van der Waals surface area (Å²) >= 11 is 0. The van der Waals surface area contributed by atoms with Crippen molar-refractivity contribution in [1.82, 2.24) is 4.98 Å². The minimum atomic E-state index is 0.188. The highest BCUT2D eigenvalue weighted by Gasteiger charge is 2.26. The normalized spacial score (nSPS) is 21.6. The van der Waals surface area contributed by atoms with Crippen molar-refractivity contribution in [2.45, 2.75) is 38.3 Å². The molecule has 0 aliphatic carbocycles. The van der Waals surface area contributed by atoms with Crippen molar-refractivity contribution in [2.24, 2.45) is 5.73 Å². The third-order valence-electron chi connectivity index (χ3n) is 4.03. The molecule has 1 aromatic carbocycles. The molecule has 1 fully saturated rings. The molecule has 2 atom stereocenters. The van der Waals surface area contributed by atoms with E-state index in [1.165, 1.54) is 24.6 Å². The zero-order valence-electron chi connectivity index (χ0n) is 11.4. The van der Waals surface area contributed by atoms with E-state index >= 15 is 0 Å². The van der Waals surface area contributed by atoms with Crippen molar-refractivity contribution in [3.63, 3.8) is 0 Å². The molecular formula is C16H21N3. The van der Waals surface area contributed by atoms with Crippen molar-refractivity contribution in [2.75, 3.05) is 11.4 Å². The molecule has 2 aromatic rings. The molecule has 2 N–H and O–H groups in total. The van der Waals surface area contributed by atoms with Gasteiger partial charge in [-0.05, 0) is 44.4 Å². The predicted molar refractivity (Wildman–Crippen MR) is 80.4 cm³/mol. The molecule has 100 valence electrons. The van der Waals surface area contributed by atoms with E-state index in [0.29, 0.717) is 6.04 Å². The summed E-state index contributed by atoms with van der Waals surface area (Å²) in [5.74, 6) is 1.07. The molecule has 1 saturated heterocycles. The van der Waals surface area contributed by atoms with Crippen LogP contribution in [0.1, 0.15) is 26.2 Å². The largest absolute Gasteiger partial charge is 0.352 e. The summed E-state index contributed by atoms with van der Waals surface area (Å²) in [4.78, 5) is 7.19. The summed E-state index contributed by atoms with van der Waals surface area (Å²) in [5, 5.41) is 1.20. The Labute approximate surface area is 114 Å². The number of hydrogen-bond acceptors (Lipinski definition) is 3. The van der Waals surface area contributed by atoms with Crippen molar-refractivity contribution in [1.29, 1.82) is 0 Å². The predicted octanol–water partition coefficient (Wildman–Crippen LogP) is 2.94. The summed E-state index contributed by atoms with van der Waals surface area (Å²) < 4.78 is 0. The van der Waals surface area contributed by atoms with Gasteiger partial charge in [-0.2, -0.15) is 0 Å². The number of fused-ring (bicyclic) bond motifs is 1. The molecule has 1 aromatic heterocycles. The van der Waals surface area contributed by atoms with E-state index in [9.17, 15) is 0 Å². The van der Waals surface area contributed by atoms with Crippen LogP contribution in [0.4, 0.5) is 5.82 Å². The van der Waals surface area contributed by atoms with Gasteiger partial charge in [0.1, 0.15) is 5.82 Å². The van der Waals surface area contributed by atoms with E-state index in [2.05, 4.69) is 42.2 Å². The first-order chi connectivity index (χ1) is 9.25. The van der Waals surface area contributed by atoms with E-state index in [4.69, 9.17) is 10.7 Å². The fourth-order valence-corrected chi connectivity index (χ4v) is 3.00. The smallest absolute Gasteiger partial charge is 0.129 e. The van der Waals surface area contributed by atoms with Crippen LogP contribution in [-0.2, 0) is 0 Å². The van der Waals surface area contributed by atoms with Crippen LogP contribution in [0.2, 0.25) is 0 Å². The van der Waals surface area contributed by atoms with Crippen molar-refractivity contribution >= 4 is 16.7 Å². The lowest BCUT2D eigenvalue weighted by Crippen LogP contribution is -2.49. The first-order valence-electron chi connectivity index (χ1n) is 7.14. The van der Waals surface area contributed by atoms with Crippen LogP contribution in [0.25, 0.3) is 10.9 Å². The molecular weight excluding hydrogens is 234 g/mol. The van der Waals surface area contributed by atoms with Crippen LogP contribution < -0.4 is 10.6 Å². The van der Waals surface area contributed by atoms with Gasteiger partial charge in [0, 0.05) is 24.0 Å². The molecule has 0 saturated carbocycles. The molecule has 0 spiro atoms. The number of rotatable bonds is 2. The standard InChI is InChI=1S/C16H21N3/c1-12(17)15-8-4-5-11-19(15)16-10-9-13-6-2-3-7-14(13)18-16/h2-3,6-7,9-10,12,15H,4-5,8,11,17H2,1H3. The van der Waals surface area contributed by atoms with E-state index < -0.39 is 0 Å². The van der Waals surface area contributed by atoms with Gasteiger partial charge in [0.2, 0.25) is 0 Å². The zero-order valence-corrected chi connectivity index (χ0v) is 11.4. The van der Waals surface area contributed by atoms with E-state index in [1.54, 1.807) is 0 Å². The molecule has 3 heteroatoms. The van der Waals surface area contributed by atoms with Gasteiger partial charge in [-0.3, -0.25) is 0 Å². The van der Waals surface area contributed by atoms with Gasteiger partial charge < -0.3 is 10.6 Å². The molecule has 2 unspecified atom stereocenters. The Bertz CT molecular complexity index is 565. The molecule has 3 nitrogen and oxygen atoms in total. The number of para-hydroxylation sites is 1. The Morgan fingerprint density at radius 1 is 1.21 bits per heavy atom. The first-order valence-corrected chi connectivity index (χ1v) is 7.14. The number of piperidine rings is 1. The van der Waals surface area contributed by atoms with Gasteiger partial charge in [0.05, 0.1) is 5.52 Å². The highest BCUT2D eigenvalue weighted by atomic mass is 15.2. The van der Waals surface area contributed by atoms with Crippen LogP contribution in [0.3, 0.4) is 0 Å². The van der Waals surface area contributed by atoms with E-state index in [1.807, 2.05) is 6.07 Å². The Hall–Kier alpha value is -1.61. The van der Waals surface area contributed by atoms with E-state index in [0.717, 1.165) is 17.9 Å². The minimum absolute atomic E-state index is 0.188. The SMILES string of the molecule is CC(N)C1CCCCN1c1ccc2ccccc2n1. The fourth-order valence-electron chi connectivity index (χ4n) is 3.00. The molecule has 0 amide bonds. The quantitative estimate of drug-likeness (QED) is 0.897.